The number of ether oxygens (including phenoxy) is 1. The summed E-state index contributed by atoms with van der Waals surface area (Å²) in [6.45, 7) is -0.338. The molecule has 2 rings (SSSR count). The van der Waals surface area contributed by atoms with Crippen LogP contribution in [0.25, 0.3) is 0 Å². The van der Waals surface area contributed by atoms with Crippen LogP contribution in [0.3, 0.4) is 0 Å². The molecule has 0 aromatic heterocycles. The van der Waals surface area contributed by atoms with Crippen LogP contribution in [0.5, 0.6) is 5.75 Å². The van der Waals surface area contributed by atoms with Crippen molar-refractivity contribution in [1.82, 2.24) is 10.6 Å². The molecule has 3 amide bonds. The Morgan fingerprint density at radius 2 is 1.69 bits per heavy atom. The number of urea groups is 1. The smallest absolute Gasteiger partial charge is 0.387 e. The maximum absolute atomic E-state index is 12.4. The van der Waals surface area contributed by atoms with Crippen molar-refractivity contribution in [2.75, 3.05) is 13.1 Å². The van der Waals surface area contributed by atoms with Gasteiger partial charge in [-0.15, -0.1) is 0 Å². The number of alkyl halides is 2. The number of quaternary nitrogens is 1. The molecule has 0 aliphatic heterocycles. The highest BCUT2D eigenvalue weighted by molar-refractivity contribution is 5.94. The van der Waals surface area contributed by atoms with E-state index in [2.05, 4.69) is 15.4 Å². The zero-order valence-electron chi connectivity index (χ0n) is 16.2. The molecule has 6 nitrogen and oxygen atoms in total. The average Bonchev–Trinajstić information content (AvgIpc) is 2.70. The summed E-state index contributed by atoms with van der Waals surface area (Å²) in [6.07, 6.45) is 1.79. The minimum absolute atomic E-state index is 0.0239. The molecule has 0 bridgehead atoms. The number of carbonyl (C=O) groups is 2. The standard InChI is InChI=1S/C21H25F2N3O3/c1-2-3-13-24-21(28)26-18(27)14-25-19(15-7-5-4-6-8-15)16-9-11-17(12-10-16)29-20(22)23/h4-12,19-20,25H,2-3,13-14H2,1H3,(H2,24,26,27,28)/p+1/t19-/m0/s1. The summed E-state index contributed by atoms with van der Waals surface area (Å²) in [5.41, 5.74) is 1.76. The lowest BCUT2D eigenvalue weighted by molar-refractivity contribution is -0.676. The van der Waals surface area contributed by atoms with Crippen molar-refractivity contribution < 1.29 is 28.4 Å². The maximum Gasteiger partial charge on any atom is 0.387 e. The van der Waals surface area contributed by atoms with Crippen LogP contribution in [-0.2, 0) is 4.79 Å². The average molecular weight is 406 g/mol. The molecule has 8 heteroatoms. The van der Waals surface area contributed by atoms with Gasteiger partial charge >= 0.3 is 12.6 Å². The summed E-state index contributed by atoms with van der Waals surface area (Å²) in [4.78, 5) is 23.8. The number of benzene rings is 2. The molecule has 2 aromatic rings. The Morgan fingerprint density at radius 1 is 1.03 bits per heavy atom. The molecule has 2 aromatic carbocycles. The number of nitrogens with two attached hydrogens (primary N) is 1. The minimum Gasteiger partial charge on any atom is -0.435 e. The molecule has 0 aliphatic carbocycles. The molecule has 0 aliphatic rings. The third-order valence-corrected chi connectivity index (χ3v) is 4.23. The van der Waals surface area contributed by atoms with Crippen molar-refractivity contribution in [3.05, 3.63) is 65.7 Å². The quantitative estimate of drug-likeness (QED) is 0.530. The van der Waals surface area contributed by atoms with Gasteiger partial charge in [-0.3, -0.25) is 10.1 Å². The Kier molecular flexibility index (Phi) is 9.04. The monoisotopic (exact) mass is 406 g/mol. The van der Waals surface area contributed by atoms with Crippen LogP contribution in [0.15, 0.2) is 54.6 Å². The predicted octanol–water partition coefficient (Wildman–Crippen LogP) is 2.57. The van der Waals surface area contributed by atoms with Crippen molar-refractivity contribution in [3.63, 3.8) is 0 Å². The van der Waals surface area contributed by atoms with Crippen molar-refractivity contribution >= 4 is 11.9 Å². The lowest BCUT2D eigenvalue weighted by Gasteiger charge is -2.17. The summed E-state index contributed by atoms with van der Waals surface area (Å²) in [7, 11) is 0. The molecule has 0 fully saturated rings. The van der Waals surface area contributed by atoms with E-state index in [9.17, 15) is 18.4 Å². The zero-order chi connectivity index (χ0) is 21.1. The number of amides is 3. The predicted molar refractivity (Wildman–Crippen MR) is 105 cm³/mol. The topological polar surface area (TPSA) is 84.0 Å². The molecule has 0 heterocycles. The van der Waals surface area contributed by atoms with Gasteiger partial charge in [-0.05, 0) is 30.7 Å². The molecule has 0 saturated carbocycles. The van der Waals surface area contributed by atoms with Gasteiger partial charge in [0, 0.05) is 17.7 Å². The minimum atomic E-state index is -2.88. The van der Waals surface area contributed by atoms with Crippen molar-refractivity contribution in [2.24, 2.45) is 0 Å². The first-order valence-electron chi connectivity index (χ1n) is 9.50. The first-order valence-corrected chi connectivity index (χ1v) is 9.50. The van der Waals surface area contributed by atoms with Gasteiger partial charge in [-0.2, -0.15) is 8.78 Å². The van der Waals surface area contributed by atoms with E-state index in [1.165, 1.54) is 12.1 Å². The highest BCUT2D eigenvalue weighted by Gasteiger charge is 2.20. The van der Waals surface area contributed by atoms with Crippen LogP contribution in [0.4, 0.5) is 13.6 Å². The van der Waals surface area contributed by atoms with Crippen LogP contribution >= 0.6 is 0 Å². The van der Waals surface area contributed by atoms with E-state index in [0.717, 1.165) is 24.0 Å². The molecule has 0 spiro atoms. The molecular formula is C21H26F2N3O3+. The molecule has 0 unspecified atom stereocenters. The van der Waals surface area contributed by atoms with Crippen LogP contribution in [0, 0.1) is 0 Å². The molecule has 4 N–H and O–H groups in total. The third-order valence-electron chi connectivity index (χ3n) is 4.23. The number of unbranched alkanes of at least 4 members (excludes halogenated alkanes) is 1. The lowest BCUT2D eigenvalue weighted by Crippen LogP contribution is -2.88. The van der Waals surface area contributed by atoms with Crippen LogP contribution in [-0.4, -0.2) is 31.6 Å². The molecule has 29 heavy (non-hydrogen) atoms. The van der Waals surface area contributed by atoms with Gasteiger partial charge < -0.3 is 15.4 Å². The van der Waals surface area contributed by atoms with Gasteiger partial charge in [0.05, 0.1) is 0 Å². The Hall–Kier alpha value is -3.00. The van der Waals surface area contributed by atoms with Gasteiger partial charge in [0.1, 0.15) is 11.8 Å². The van der Waals surface area contributed by atoms with Crippen LogP contribution in [0.1, 0.15) is 36.9 Å². The number of hydrogen-bond acceptors (Lipinski definition) is 3. The van der Waals surface area contributed by atoms with Crippen molar-refractivity contribution in [2.45, 2.75) is 32.4 Å². The van der Waals surface area contributed by atoms with E-state index < -0.39 is 18.5 Å². The first-order chi connectivity index (χ1) is 14.0. The Balaban J connectivity index is 2.02. The number of nitrogens with one attached hydrogen (secondary N) is 2. The van der Waals surface area contributed by atoms with E-state index in [0.29, 0.717) is 6.54 Å². The molecular weight excluding hydrogens is 380 g/mol. The Labute approximate surface area is 168 Å². The fraction of sp³-hybridized carbons (Fsp3) is 0.333. The van der Waals surface area contributed by atoms with Gasteiger partial charge in [0.25, 0.3) is 5.91 Å². The van der Waals surface area contributed by atoms with Gasteiger partial charge in [0.2, 0.25) is 0 Å². The summed E-state index contributed by atoms with van der Waals surface area (Å²) >= 11 is 0. The van der Waals surface area contributed by atoms with Crippen LogP contribution < -0.4 is 20.7 Å². The maximum atomic E-state index is 12.4. The molecule has 0 saturated heterocycles. The largest absolute Gasteiger partial charge is 0.435 e. The van der Waals surface area contributed by atoms with Gasteiger partial charge in [-0.25, -0.2) is 4.79 Å². The number of halogens is 2. The van der Waals surface area contributed by atoms with Crippen molar-refractivity contribution in [3.8, 4) is 5.75 Å². The van der Waals surface area contributed by atoms with E-state index in [1.807, 2.05) is 37.3 Å². The summed E-state index contributed by atoms with van der Waals surface area (Å²) in [5, 5.41) is 6.72. The van der Waals surface area contributed by atoms with Gasteiger partial charge in [0.15, 0.2) is 6.54 Å². The molecule has 156 valence electrons. The fourth-order valence-corrected chi connectivity index (χ4v) is 2.81. The highest BCUT2D eigenvalue weighted by Crippen LogP contribution is 2.22. The second kappa shape index (κ2) is 11.8. The van der Waals surface area contributed by atoms with Crippen LogP contribution in [0.2, 0.25) is 0 Å². The SMILES string of the molecule is CCCCNC(=O)NC(=O)C[NH2+][C@@H](c1ccccc1)c1ccc(OC(F)F)cc1. The normalized spacial score (nSPS) is 11.7. The number of imide groups is 1. The van der Waals surface area contributed by atoms with Crippen molar-refractivity contribution in [1.29, 1.82) is 0 Å². The number of hydrogen-bond donors (Lipinski definition) is 3. The number of rotatable bonds is 10. The van der Waals surface area contributed by atoms with E-state index in [-0.39, 0.29) is 18.3 Å². The Bertz CT molecular complexity index is 771. The third kappa shape index (κ3) is 7.87. The second-order valence-electron chi connectivity index (χ2n) is 6.43. The second-order valence-corrected chi connectivity index (χ2v) is 6.43. The Morgan fingerprint density at radius 3 is 2.31 bits per heavy atom. The summed E-state index contributed by atoms with van der Waals surface area (Å²) in [6, 6.07) is 15.0. The zero-order valence-corrected chi connectivity index (χ0v) is 16.2. The first kappa shape index (κ1) is 22.3. The lowest BCUT2D eigenvalue weighted by atomic mass is 9.98. The summed E-state index contributed by atoms with van der Waals surface area (Å²) < 4.78 is 29.1. The molecule has 1 atom stereocenters. The van der Waals surface area contributed by atoms with Gasteiger partial charge in [-0.1, -0.05) is 43.7 Å². The molecule has 0 radical (unpaired) electrons. The van der Waals surface area contributed by atoms with E-state index in [4.69, 9.17) is 0 Å². The fourth-order valence-electron chi connectivity index (χ4n) is 2.81. The van der Waals surface area contributed by atoms with E-state index in [1.54, 1.807) is 17.4 Å². The highest BCUT2D eigenvalue weighted by atomic mass is 19.3. The van der Waals surface area contributed by atoms with E-state index >= 15 is 0 Å². The number of carbonyl (C=O) groups excluding carboxylic acids is 2. The summed E-state index contributed by atoms with van der Waals surface area (Å²) in [5.74, 6) is -0.352.